The van der Waals surface area contributed by atoms with Crippen molar-refractivity contribution in [3.8, 4) is 17.1 Å². The summed E-state index contributed by atoms with van der Waals surface area (Å²) in [6, 6.07) is 6.14. The minimum Gasteiger partial charge on any atom is -0.484 e. The molecule has 3 rings (SSSR count). The number of aromatic amines is 1. The Bertz CT molecular complexity index is 815. The summed E-state index contributed by atoms with van der Waals surface area (Å²) < 4.78 is 41.2. The Kier molecular flexibility index (Phi) is 3.32. The molecule has 0 aliphatic carbocycles. The highest BCUT2D eigenvalue weighted by Crippen LogP contribution is 2.25. The van der Waals surface area contributed by atoms with Crippen molar-refractivity contribution < 1.29 is 17.9 Å². The first-order chi connectivity index (χ1) is 10.4. The highest BCUT2D eigenvalue weighted by molar-refractivity contribution is 5.84. The van der Waals surface area contributed by atoms with E-state index in [0.717, 1.165) is 0 Å². The number of alkyl halides is 3. The summed E-state index contributed by atoms with van der Waals surface area (Å²) in [5.41, 5.74) is 7.10. The van der Waals surface area contributed by atoms with Gasteiger partial charge in [0.1, 0.15) is 23.4 Å². The summed E-state index contributed by atoms with van der Waals surface area (Å²) >= 11 is 0. The summed E-state index contributed by atoms with van der Waals surface area (Å²) in [4.78, 5) is 15.0. The van der Waals surface area contributed by atoms with Crippen molar-refractivity contribution in [2.75, 3.05) is 12.3 Å². The predicted octanol–water partition coefficient (Wildman–Crippen LogP) is 2.54. The molecular formula is C13H10F3N5O. The molecule has 3 N–H and O–H groups in total. The van der Waals surface area contributed by atoms with Crippen LogP contribution in [-0.2, 0) is 0 Å². The number of nitrogen functional groups attached to an aromatic ring is 1. The fourth-order valence-electron chi connectivity index (χ4n) is 1.88. The van der Waals surface area contributed by atoms with Gasteiger partial charge in [-0.2, -0.15) is 13.2 Å². The quantitative estimate of drug-likeness (QED) is 0.776. The summed E-state index contributed by atoms with van der Waals surface area (Å²) in [5.74, 6) is 0.752. The van der Waals surface area contributed by atoms with Gasteiger partial charge in [0.05, 0.1) is 0 Å². The summed E-state index contributed by atoms with van der Waals surface area (Å²) in [6.45, 7) is -1.35. The molecule has 0 unspecified atom stereocenters. The number of hydrogen-bond donors (Lipinski definition) is 2. The minimum atomic E-state index is -4.39. The lowest BCUT2D eigenvalue weighted by Crippen LogP contribution is -2.19. The van der Waals surface area contributed by atoms with Crippen molar-refractivity contribution in [2.45, 2.75) is 6.18 Å². The van der Waals surface area contributed by atoms with E-state index in [4.69, 9.17) is 10.5 Å². The Morgan fingerprint density at radius 1 is 1.23 bits per heavy atom. The number of halogens is 3. The number of nitrogens with one attached hydrogen (secondary N) is 1. The molecule has 0 saturated heterocycles. The molecule has 3 aromatic rings. The number of imidazole rings is 1. The second-order valence-electron chi connectivity index (χ2n) is 4.47. The van der Waals surface area contributed by atoms with Gasteiger partial charge in [-0.25, -0.2) is 15.0 Å². The van der Waals surface area contributed by atoms with Gasteiger partial charge in [0, 0.05) is 5.56 Å². The van der Waals surface area contributed by atoms with Crippen molar-refractivity contribution in [3.05, 3.63) is 30.6 Å². The molecule has 114 valence electrons. The van der Waals surface area contributed by atoms with Gasteiger partial charge in [0.15, 0.2) is 18.1 Å². The number of nitrogens with zero attached hydrogens (tertiary/aromatic N) is 3. The summed E-state index contributed by atoms with van der Waals surface area (Å²) in [5, 5.41) is 0. The average Bonchev–Trinajstić information content (AvgIpc) is 2.90. The van der Waals surface area contributed by atoms with Gasteiger partial charge in [0.25, 0.3) is 0 Å². The maximum atomic E-state index is 12.2. The SMILES string of the molecule is Nc1ncnc2nc(-c3cccc(OCC(F)(F)F)c3)[nH]c12. The molecule has 9 heteroatoms. The average molecular weight is 309 g/mol. The van der Waals surface area contributed by atoms with Crippen LogP contribution in [0.25, 0.3) is 22.6 Å². The Morgan fingerprint density at radius 2 is 2.05 bits per heavy atom. The van der Waals surface area contributed by atoms with Crippen LogP contribution in [0.3, 0.4) is 0 Å². The highest BCUT2D eigenvalue weighted by atomic mass is 19.4. The van der Waals surface area contributed by atoms with E-state index in [9.17, 15) is 13.2 Å². The Morgan fingerprint density at radius 3 is 2.77 bits per heavy atom. The smallest absolute Gasteiger partial charge is 0.422 e. The van der Waals surface area contributed by atoms with Crippen LogP contribution < -0.4 is 10.5 Å². The molecule has 0 atom stereocenters. The second-order valence-corrected chi connectivity index (χ2v) is 4.47. The molecule has 0 bridgehead atoms. The molecule has 0 aliphatic rings. The van der Waals surface area contributed by atoms with Gasteiger partial charge >= 0.3 is 6.18 Å². The lowest BCUT2D eigenvalue weighted by Gasteiger charge is -2.09. The zero-order valence-electron chi connectivity index (χ0n) is 11.1. The maximum absolute atomic E-state index is 12.2. The molecule has 0 fully saturated rings. The van der Waals surface area contributed by atoms with Crippen molar-refractivity contribution in [1.82, 2.24) is 19.9 Å². The maximum Gasteiger partial charge on any atom is 0.422 e. The van der Waals surface area contributed by atoms with Crippen LogP contribution in [0.4, 0.5) is 19.0 Å². The van der Waals surface area contributed by atoms with E-state index in [1.54, 1.807) is 12.1 Å². The number of aromatic nitrogens is 4. The number of H-pyrrole nitrogens is 1. The predicted molar refractivity (Wildman–Crippen MR) is 73.1 cm³/mol. The number of anilines is 1. The van der Waals surface area contributed by atoms with Crippen molar-refractivity contribution in [2.24, 2.45) is 0 Å². The summed E-state index contributed by atoms with van der Waals surface area (Å²) in [6.07, 6.45) is -3.11. The van der Waals surface area contributed by atoms with Crippen LogP contribution in [0.5, 0.6) is 5.75 Å². The van der Waals surface area contributed by atoms with E-state index in [0.29, 0.717) is 22.6 Å². The molecule has 0 spiro atoms. The molecule has 0 aliphatic heterocycles. The standard InChI is InChI=1S/C13H10F3N5O/c14-13(15,16)5-22-8-3-1-2-7(4-8)11-20-9-10(17)18-6-19-12(9)21-11/h1-4,6H,5H2,(H3,17,18,19,20,21). The van der Waals surface area contributed by atoms with Crippen molar-refractivity contribution >= 4 is 17.0 Å². The van der Waals surface area contributed by atoms with Crippen molar-refractivity contribution in [3.63, 3.8) is 0 Å². The van der Waals surface area contributed by atoms with E-state index in [2.05, 4.69) is 19.9 Å². The third kappa shape index (κ3) is 2.92. The van der Waals surface area contributed by atoms with E-state index in [-0.39, 0.29) is 11.6 Å². The molecule has 0 amide bonds. The van der Waals surface area contributed by atoms with E-state index in [1.165, 1.54) is 18.5 Å². The number of benzene rings is 1. The first kappa shape index (κ1) is 14.1. The molecular weight excluding hydrogens is 299 g/mol. The zero-order chi connectivity index (χ0) is 15.7. The van der Waals surface area contributed by atoms with E-state index >= 15 is 0 Å². The van der Waals surface area contributed by atoms with Crippen molar-refractivity contribution in [1.29, 1.82) is 0 Å². The molecule has 22 heavy (non-hydrogen) atoms. The largest absolute Gasteiger partial charge is 0.484 e. The van der Waals surface area contributed by atoms with Gasteiger partial charge in [-0.3, -0.25) is 0 Å². The number of rotatable bonds is 3. The molecule has 0 radical (unpaired) electrons. The molecule has 2 heterocycles. The minimum absolute atomic E-state index is 0.0920. The van der Waals surface area contributed by atoms with Crippen LogP contribution in [-0.4, -0.2) is 32.7 Å². The Labute approximate surface area is 122 Å². The Hall–Kier alpha value is -2.84. The lowest BCUT2D eigenvalue weighted by atomic mass is 10.2. The number of nitrogens with two attached hydrogens (primary N) is 1. The van der Waals surface area contributed by atoms with Gasteiger partial charge in [-0.1, -0.05) is 12.1 Å². The monoisotopic (exact) mass is 309 g/mol. The fourth-order valence-corrected chi connectivity index (χ4v) is 1.88. The van der Waals surface area contributed by atoms with Crippen LogP contribution >= 0.6 is 0 Å². The topological polar surface area (TPSA) is 89.7 Å². The second kappa shape index (κ2) is 5.17. The Balaban J connectivity index is 1.92. The fraction of sp³-hybridized carbons (Fsp3) is 0.154. The van der Waals surface area contributed by atoms with Gasteiger partial charge in [-0.05, 0) is 12.1 Å². The third-order valence-electron chi connectivity index (χ3n) is 2.83. The first-order valence-corrected chi connectivity index (χ1v) is 6.18. The normalized spacial score (nSPS) is 11.8. The van der Waals surface area contributed by atoms with Gasteiger partial charge < -0.3 is 15.5 Å². The number of hydrogen-bond acceptors (Lipinski definition) is 5. The van der Waals surface area contributed by atoms with Crippen LogP contribution in [0.2, 0.25) is 0 Å². The highest BCUT2D eigenvalue weighted by Gasteiger charge is 2.28. The van der Waals surface area contributed by atoms with Crippen LogP contribution in [0.1, 0.15) is 0 Å². The van der Waals surface area contributed by atoms with Gasteiger partial charge in [0.2, 0.25) is 0 Å². The molecule has 6 nitrogen and oxygen atoms in total. The number of ether oxygens (including phenoxy) is 1. The molecule has 1 aromatic carbocycles. The van der Waals surface area contributed by atoms with E-state index < -0.39 is 12.8 Å². The van der Waals surface area contributed by atoms with Crippen LogP contribution in [0, 0.1) is 0 Å². The first-order valence-electron chi connectivity index (χ1n) is 6.18. The third-order valence-corrected chi connectivity index (χ3v) is 2.83. The zero-order valence-corrected chi connectivity index (χ0v) is 11.1. The number of fused-ring (bicyclic) bond motifs is 1. The lowest BCUT2D eigenvalue weighted by molar-refractivity contribution is -0.153. The molecule has 2 aromatic heterocycles. The van der Waals surface area contributed by atoms with E-state index in [1.807, 2.05) is 0 Å². The summed E-state index contributed by atoms with van der Waals surface area (Å²) in [7, 11) is 0. The van der Waals surface area contributed by atoms with Crippen LogP contribution in [0.15, 0.2) is 30.6 Å². The molecule has 0 saturated carbocycles. The van der Waals surface area contributed by atoms with Gasteiger partial charge in [-0.15, -0.1) is 0 Å².